The summed E-state index contributed by atoms with van der Waals surface area (Å²) in [5, 5.41) is 0. The Hall–Kier alpha value is -1.15. The summed E-state index contributed by atoms with van der Waals surface area (Å²) < 4.78 is 3.83. The smallest absolute Gasteiger partial charge is 0.0515 e. The van der Waals surface area contributed by atoms with Gasteiger partial charge in [-0.05, 0) is 109 Å². The average molecular weight is 354 g/mol. The summed E-state index contributed by atoms with van der Waals surface area (Å²) in [6, 6.07) is 2.49. The van der Waals surface area contributed by atoms with Gasteiger partial charge in [0.15, 0.2) is 0 Å². The highest BCUT2D eigenvalue weighted by Crippen LogP contribution is 2.48. The standard InChI is InChI=1S/C23H31NS/c1-14(2)18-10-11-20(13-18)25-24-23-21-7-5-6-19(21)12-15(3)22(23)16(4)17-8-9-17/h10,12-14,16-17,24H,5-9,11H2,1-4H3. The van der Waals surface area contributed by atoms with Crippen LogP contribution in [0.15, 0.2) is 28.7 Å². The summed E-state index contributed by atoms with van der Waals surface area (Å²) in [5.74, 6) is 2.23. The lowest BCUT2D eigenvalue weighted by molar-refractivity contribution is 0.661. The summed E-state index contributed by atoms with van der Waals surface area (Å²) in [6.07, 6.45) is 12.5. The van der Waals surface area contributed by atoms with E-state index in [0.29, 0.717) is 11.8 Å². The van der Waals surface area contributed by atoms with Crippen molar-refractivity contribution < 1.29 is 0 Å². The third-order valence-electron chi connectivity index (χ3n) is 6.25. The minimum absolute atomic E-state index is 0.631. The zero-order valence-corrected chi connectivity index (χ0v) is 16.9. The SMILES string of the molecule is Cc1cc2c(c(NSC3=CC(C(C)C)=CC3)c1C(C)C1CC1)CCC2. The van der Waals surface area contributed by atoms with E-state index < -0.39 is 0 Å². The van der Waals surface area contributed by atoms with Crippen LogP contribution in [-0.4, -0.2) is 0 Å². The molecular formula is C23H31NS. The molecule has 0 bridgehead atoms. The molecule has 0 saturated heterocycles. The minimum Gasteiger partial charge on any atom is -0.325 e. The van der Waals surface area contributed by atoms with Crippen LogP contribution in [0.25, 0.3) is 0 Å². The van der Waals surface area contributed by atoms with Crippen LogP contribution in [0.4, 0.5) is 5.69 Å². The van der Waals surface area contributed by atoms with Gasteiger partial charge in [-0.3, -0.25) is 0 Å². The summed E-state index contributed by atoms with van der Waals surface area (Å²) >= 11 is 1.86. The first-order valence-electron chi connectivity index (χ1n) is 10.0. The van der Waals surface area contributed by atoms with Gasteiger partial charge in [-0.2, -0.15) is 0 Å². The van der Waals surface area contributed by atoms with E-state index in [0.717, 1.165) is 12.3 Å². The maximum atomic E-state index is 3.83. The Bertz CT molecular complexity index is 737. The summed E-state index contributed by atoms with van der Waals surface area (Å²) in [7, 11) is 0. The van der Waals surface area contributed by atoms with Crippen molar-refractivity contribution in [3.63, 3.8) is 0 Å². The minimum atomic E-state index is 0.631. The van der Waals surface area contributed by atoms with Crippen molar-refractivity contribution in [3.8, 4) is 0 Å². The van der Waals surface area contributed by atoms with Crippen molar-refractivity contribution in [2.45, 2.75) is 72.1 Å². The molecule has 3 aliphatic carbocycles. The maximum absolute atomic E-state index is 3.83. The Labute approximate surface area is 157 Å². The summed E-state index contributed by atoms with van der Waals surface area (Å²) in [4.78, 5) is 1.46. The van der Waals surface area contributed by atoms with Crippen LogP contribution < -0.4 is 4.72 Å². The molecule has 1 aromatic rings. The molecule has 1 N–H and O–H groups in total. The highest BCUT2D eigenvalue weighted by molar-refractivity contribution is 8.04. The van der Waals surface area contributed by atoms with E-state index in [1.807, 2.05) is 11.9 Å². The van der Waals surface area contributed by atoms with Crippen LogP contribution in [0.5, 0.6) is 0 Å². The zero-order valence-electron chi connectivity index (χ0n) is 16.1. The van der Waals surface area contributed by atoms with Crippen molar-refractivity contribution in [1.82, 2.24) is 0 Å². The van der Waals surface area contributed by atoms with E-state index >= 15 is 0 Å². The quantitative estimate of drug-likeness (QED) is 0.557. The topological polar surface area (TPSA) is 12.0 Å². The maximum Gasteiger partial charge on any atom is 0.0515 e. The highest BCUT2D eigenvalue weighted by Gasteiger charge is 2.33. The molecule has 0 spiro atoms. The van der Waals surface area contributed by atoms with Gasteiger partial charge in [0.2, 0.25) is 0 Å². The Morgan fingerprint density at radius 3 is 2.64 bits per heavy atom. The fraction of sp³-hybridized carbons (Fsp3) is 0.565. The Morgan fingerprint density at radius 1 is 1.16 bits per heavy atom. The summed E-state index contributed by atoms with van der Waals surface area (Å²) in [5.41, 5.74) is 9.27. The third-order valence-corrected chi connectivity index (χ3v) is 7.10. The van der Waals surface area contributed by atoms with E-state index in [2.05, 4.69) is 50.6 Å². The monoisotopic (exact) mass is 353 g/mol. The number of benzene rings is 1. The first-order chi connectivity index (χ1) is 12.0. The molecular weight excluding hydrogens is 322 g/mol. The van der Waals surface area contributed by atoms with Gasteiger partial charge in [0.05, 0.1) is 5.69 Å². The molecule has 25 heavy (non-hydrogen) atoms. The first kappa shape index (κ1) is 17.3. The van der Waals surface area contributed by atoms with Crippen LogP contribution in [0, 0.1) is 18.8 Å². The molecule has 2 heteroatoms. The predicted octanol–water partition coefficient (Wildman–Crippen LogP) is 6.93. The van der Waals surface area contributed by atoms with E-state index in [-0.39, 0.29) is 0 Å². The van der Waals surface area contributed by atoms with Crippen LogP contribution in [0.1, 0.15) is 74.6 Å². The molecule has 1 nitrogen and oxygen atoms in total. The number of aryl methyl sites for hydroxylation is 2. The van der Waals surface area contributed by atoms with Gasteiger partial charge in [0.25, 0.3) is 0 Å². The molecule has 4 rings (SSSR count). The van der Waals surface area contributed by atoms with Gasteiger partial charge in [-0.15, -0.1) is 0 Å². The molecule has 0 aliphatic heterocycles. The number of rotatable bonds is 6. The van der Waals surface area contributed by atoms with E-state index in [1.54, 1.807) is 16.7 Å². The lowest BCUT2D eigenvalue weighted by atomic mass is 9.87. The van der Waals surface area contributed by atoms with E-state index in [9.17, 15) is 0 Å². The van der Waals surface area contributed by atoms with Gasteiger partial charge in [0.1, 0.15) is 0 Å². The fourth-order valence-corrected chi connectivity index (χ4v) is 5.39. The van der Waals surface area contributed by atoms with Gasteiger partial charge in [0, 0.05) is 4.91 Å². The number of nitrogens with one attached hydrogen (secondary N) is 1. The van der Waals surface area contributed by atoms with Crippen molar-refractivity contribution in [2.24, 2.45) is 11.8 Å². The van der Waals surface area contributed by atoms with Crippen LogP contribution >= 0.6 is 11.9 Å². The third kappa shape index (κ3) is 3.43. The second-order valence-corrected chi connectivity index (χ2v) is 9.41. The number of hydrogen-bond acceptors (Lipinski definition) is 2. The number of fused-ring (bicyclic) bond motifs is 1. The molecule has 3 aliphatic rings. The molecule has 0 radical (unpaired) electrons. The fourth-order valence-electron chi connectivity index (χ4n) is 4.56. The Balaban J connectivity index is 1.61. The van der Waals surface area contributed by atoms with E-state index in [1.165, 1.54) is 53.8 Å². The highest BCUT2D eigenvalue weighted by atomic mass is 32.2. The lowest BCUT2D eigenvalue weighted by Gasteiger charge is -2.23. The second-order valence-electron chi connectivity index (χ2n) is 8.48. The molecule has 1 atom stereocenters. The normalized spacial score (nSPS) is 20.5. The molecule has 0 heterocycles. The molecule has 0 amide bonds. The molecule has 1 unspecified atom stereocenters. The molecule has 1 aromatic carbocycles. The zero-order chi connectivity index (χ0) is 17.6. The van der Waals surface area contributed by atoms with Crippen molar-refractivity contribution in [2.75, 3.05) is 4.72 Å². The van der Waals surface area contributed by atoms with Crippen LogP contribution in [0.2, 0.25) is 0 Å². The van der Waals surface area contributed by atoms with Crippen LogP contribution in [-0.2, 0) is 12.8 Å². The molecule has 0 aromatic heterocycles. The first-order valence-corrected chi connectivity index (χ1v) is 10.8. The molecule has 1 saturated carbocycles. The van der Waals surface area contributed by atoms with Gasteiger partial charge >= 0.3 is 0 Å². The van der Waals surface area contributed by atoms with Gasteiger partial charge in [-0.25, -0.2) is 0 Å². The van der Waals surface area contributed by atoms with Gasteiger partial charge in [-0.1, -0.05) is 32.9 Å². The predicted molar refractivity (Wildman–Crippen MR) is 111 cm³/mol. The van der Waals surface area contributed by atoms with Crippen molar-refractivity contribution in [3.05, 3.63) is 51.0 Å². The van der Waals surface area contributed by atoms with Crippen molar-refractivity contribution in [1.29, 1.82) is 0 Å². The molecule has 1 fully saturated rings. The summed E-state index contributed by atoms with van der Waals surface area (Å²) in [6.45, 7) is 9.35. The van der Waals surface area contributed by atoms with Gasteiger partial charge < -0.3 is 4.72 Å². The Morgan fingerprint density at radius 2 is 1.96 bits per heavy atom. The van der Waals surface area contributed by atoms with Crippen LogP contribution in [0.3, 0.4) is 0 Å². The molecule has 134 valence electrons. The van der Waals surface area contributed by atoms with Crippen molar-refractivity contribution >= 4 is 17.6 Å². The second kappa shape index (κ2) is 6.87. The average Bonchev–Trinajstić information content (AvgIpc) is 3.13. The number of hydrogen-bond donors (Lipinski definition) is 1. The van der Waals surface area contributed by atoms with E-state index in [4.69, 9.17) is 0 Å². The Kier molecular flexibility index (Phi) is 4.75. The number of allylic oxidation sites excluding steroid dienone is 4. The largest absolute Gasteiger partial charge is 0.325 e. The number of anilines is 1. The lowest BCUT2D eigenvalue weighted by Crippen LogP contribution is -2.07.